The van der Waals surface area contributed by atoms with Crippen LogP contribution in [0.3, 0.4) is 0 Å². The van der Waals surface area contributed by atoms with Gasteiger partial charge >= 0.3 is 0 Å². The normalized spacial score (nSPS) is 15.3. The molecule has 2 heterocycles. The summed E-state index contributed by atoms with van der Waals surface area (Å²) in [7, 11) is 0. The second-order valence-corrected chi connectivity index (χ2v) is 6.07. The fourth-order valence-electron chi connectivity index (χ4n) is 2.27. The number of aromatic nitrogens is 2. The molecule has 3 rings (SSSR count). The minimum Gasteiger partial charge on any atom is -0.351 e. The van der Waals surface area contributed by atoms with E-state index in [0.29, 0.717) is 28.7 Å². The Kier molecular flexibility index (Phi) is 4.28. The van der Waals surface area contributed by atoms with Crippen LogP contribution in [0.4, 0.5) is 5.82 Å². The van der Waals surface area contributed by atoms with Crippen molar-refractivity contribution in [3.8, 4) is 0 Å². The second-order valence-electron chi connectivity index (χ2n) is 4.67. The van der Waals surface area contributed by atoms with E-state index in [4.69, 9.17) is 23.2 Å². The number of nitrogens with zero attached hydrogens (tertiary/aromatic N) is 4. The first-order chi connectivity index (χ1) is 10.1. The molecule has 2 aromatic rings. The highest BCUT2D eigenvalue weighted by Gasteiger charge is 2.24. The van der Waals surface area contributed by atoms with Crippen LogP contribution in [-0.4, -0.2) is 45.7 Å². The molecule has 1 aliphatic heterocycles. The van der Waals surface area contributed by atoms with Crippen molar-refractivity contribution in [1.29, 1.82) is 0 Å². The van der Waals surface area contributed by atoms with E-state index in [-0.39, 0.29) is 5.91 Å². The van der Waals surface area contributed by atoms with Gasteiger partial charge in [0, 0.05) is 31.2 Å². The number of halogens is 2. The molecule has 0 saturated carbocycles. The summed E-state index contributed by atoms with van der Waals surface area (Å²) in [6.07, 6.45) is 1.75. The molecule has 0 aliphatic carbocycles. The summed E-state index contributed by atoms with van der Waals surface area (Å²) in [5, 5.41) is 0.913. The monoisotopic (exact) mass is 342 g/mol. The van der Waals surface area contributed by atoms with Crippen molar-refractivity contribution < 1.29 is 4.79 Å². The van der Waals surface area contributed by atoms with Crippen molar-refractivity contribution >= 4 is 46.7 Å². The van der Waals surface area contributed by atoms with Crippen molar-refractivity contribution in [2.45, 2.75) is 0 Å². The van der Waals surface area contributed by atoms with Gasteiger partial charge in [-0.25, -0.2) is 0 Å². The largest absolute Gasteiger partial charge is 0.351 e. The molecule has 0 N–H and O–H groups in total. The van der Waals surface area contributed by atoms with Gasteiger partial charge in [0.05, 0.1) is 28.5 Å². The van der Waals surface area contributed by atoms with E-state index in [0.717, 1.165) is 18.9 Å². The predicted octanol–water partition coefficient (Wildman–Crippen LogP) is 2.81. The minimum atomic E-state index is -0.0623. The average Bonchev–Trinajstić information content (AvgIpc) is 3.01. The first-order valence-electron chi connectivity index (χ1n) is 6.42. The van der Waals surface area contributed by atoms with Crippen molar-refractivity contribution in [2.24, 2.45) is 0 Å². The number of anilines is 1. The lowest BCUT2D eigenvalue weighted by Crippen LogP contribution is -2.49. The van der Waals surface area contributed by atoms with E-state index in [1.165, 1.54) is 11.7 Å². The maximum atomic E-state index is 12.5. The van der Waals surface area contributed by atoms with Gasteiger partial charge in [-0.05, 0) is 18.2 Å². The van der Waals surface area contributed by atoms with Gasteiger partial charge in [0.2, 0.25) is 0 Å². The smallest absolute Gasteiger partial charge is 0.255 e. The lowest BCUT2D eigenvalue weighted by atomic mass is 10.2. The highest BCUT2D eigenvalue weighted by Crippen LogP contribution is 2.23. The molecule has 0 spiro atoms. The molecule has 1 aromatic heterocycles. The highest BCUT2D eigenvalue weighted by atomic mass is 35.5. The Bertz CT molecular complexity index is 642. The second kappa shape index (κ2) is 6.17. The molecule has 1 amide bonds. The SMILES string of the molecule is O=C(c1ccc(Cl)cc1Cl)N1CCN(c2cnsn2)CC1. The summed E-state index contributed by atoms with van der Waals surface area (Å²) in [6, 6.07) is 4.94. The van der Waals surface area contributed by atoms with Gasteiger partial charge in [0.25, 0.3) is 5.91 Å². The first kappa shape index (κ1) is 14.6. The summed E-state index contributed by atoms with van der Waals surface area (Å²) in [4.78, 5) is 16.4. The minimum absolute atomic E-state index is 0.0623. The molecule has 1 aromatic carbocycles. The number of carbonyl (C=O) groups is 1. The van der Waals surface area contributed by atoms with Gasteiger partial charge in [-0.2, -0.15) is 8.75 Å². The average molecular weight is 343 g/mol. The van der Waals surface area contributed by atoms with Gasteiger partial charge in [-0.3, -0.25) is 4.79 Å². The van der Waals surface area contributed by atoms with E-state index < -0.39 is 0 Å². The van der Waals surface area contributed by atoms with Gasteiger partial charge in [-0.1, -0.05) is 23.2 Å². The molecular weight excluding hydrogens is 331 g/mol. The predicted molar refractivity (Wildman–Crippen MR) is 84.5 cm³/mol. The molecule has 5 nitrogen and oxygen atoms in total. The maximum absolute atomic E-state index is 12.5. The maximum Gasteiger partial charge on any atom is 0.255 e. The summed E-state index contributed by atoms with van der Waals surface area (Å²) < 4.78 is 8.21. The number of rotatable bonds is 2. The Labute approximate surface area is 136 Å². The van der Waals surface area contributed by atoms with E-state index in [9.17, 15) is 4.79 Å². The van der Waals surface area contributed by atoms with Crippen LogP contribution in [-0.2, 0) is 0 Å². The molecule has 1 aliphatic rings. The quantitative estimate of drug-likeness (QED) is 0.841. The third-order valence-corrected chi connectivity index (χ3v) is 4.42. The van der Waals surface area contributed by atoms with Gasteiger partial charge in [0.1, 0.15) is 0 Å². The molecule has 8 heteroatoms. The first-order valence-corrected chi connectivity index (χ1v) is 7.90. The van der Waals surface area contributed by atoms with Crippen LogP contribution < -0.4 is 4.90 Å². The molecular formula is C13H12Cl2N4OS. The third kappa shape index (κ3) is 3.12. The molecule has 0 bridgehead atoms. The molecule has 0 atom stereocenters. The fourth-order valence-corrected chi connectivity index (χ4v) is 3.20. The third-order valence-electron chi connectivity index (χ3n) is 3.40. The standard InChI is InChI=1S/C13H12Cl2N4OS/c14-9-1-2-10(11(15)7-9)13(20)19-5-3-18(4-6-19)12-8-16-21-17-12/h1-2,7-8H,3-6H2. The number of hydrogen-bond donors (Lipinski definition) is 0. The van der Waals surface area contributed by atoms with E-state index in [1.54, 1.807) is 29.3 Å². The van der Waals surface area contributed by atoms with Crippen molar-refractivity contribution in [1.82, 2.24) is 13.6 Å². The van der Waals surface area contributed by atoms with E-state index >= 15 is 0 Å². The summed E-state index contributed by atoms with van der Waals surface area (Å²) in [5.41, 5.74) is 0.491. The van der Waals surface area contributed by atoms with Gasteiger partial charge in [-0.15, -0.1) is 0 Å². The Morgan fingerprint density at radius 3 is 2.57 bits per heavy atom. The zero-order valence-corrected chi connectivity index (χ0v) is 13.3. The van der Waals surface area contributed by atoms with Crippen LogP contribution in [0.2, 0.25) is 10.0 Å². The zero-order chi connectivity index (χ0) is 14.8. The van der Waals surface area contributed by atoms with Crippen LogP contribution in [0.15, 0.2) is 24.4 Å². The van der Waals surface area contributed by atoms with Crippen LogP contribution >= 0.6 is 34.9 Å². The van der Waals surface area contributed by atoms with Crippen LogP contribution in [0.25, 0.3) is 0 Å². The Morgan fingerprint density at radius 2 is 1.95 bits per heavy atom. The molecule has 1 fully saturated rings. The lowest BCUT2D eigenvalue weighted by molar-refractivity contribution is 0.0747. The molecule has 21 heavy (non-hydrogen) atoms. The van der Waals surface area contributed by atoms with Crippen LogP contribution in [0, 0.1) is 0 Å². The highest BCUT2D eigenvalue weighted by molar-refractivity contribution is 6.99. The fraction of sp³-hybridized carbons (Fsp3) is 0.308. The summed E-state index contributed by atoms with van der Waals surface area (Å²) in [5.74, 6) is 0.810. The topological polar surface area (TPSA) is 49.3 Å². The van der Waals surface area contributed by atoms with Gasteiger partial charge in [0.15, 0.2) is 5.82 Å². The van der Waals surface area contributed by atoms with Crippen molar-refractivity contribution in [3.63, 3.8) is 0 Å². The van der Waals surface area contributed by atoms with Gasteiger partial charge < -0.3 is 9.80 Å². The lowest BCUT2D eigenvalue weighted by Gasteiger charge is -2.34. The van der Waals surface area contributed by atoms with E-state index in [1.807, 2.05) is 0 Å². The number of hydrogen-bond acceptors (Lipinski definition) is 5. The van der Waals surface area contributed by atoms with Crippen molar-refractivity contribution in [2.75, 3.05) is 31.1 Å². The summed E-state index contributed by atoms with van der Waals surface area (Å²) in [6.45, 7) is 2.75. The molecule has 1 saturated heterocycles. The molecule has 110 valence electrons. The number of piperazine rings is 1. The van der Waals surface area contributed by atoms with Crippen molar-refractivity contribution in [3.05, 3.63) is 40.0 Å². The number of amides is 1. The van der Waals surface area contributed by atoms with Crippen LogP contribution in [0.5, 0.6) is 0 Å². The number of benzene rings is 1. The van der Waals surface area contributed by atoms with E-state index in [2.05, 4.69) is 13.6 Å². The zero-order valence-electron chi connectivity index (χ0n) is 11.0. The Hall–Kier alpha value is -1.37. The Morgan fingerprint density at radius 1 is 1.19 bits per heavy atom. The Balaban J connectivity index is 1.67. The summed E-state index contributed by atoms with van der Waals surface area (Å²) >= 11 is 13.1. The molecule has 0 unspecified atom stereocenters. The van der Waals surface area contributed by atoms with Crippen LogP contribution in [0.1, 0.15) is 10.4 Å². The molecule has 0 radical (unpaired) electrons. The number of carbonyl (C=O) groups excluding carboxylic acids is 1.